The molecule has 0 atom stereocenters. The van der Waals surface area contributed by atoms with Gasteiger partial charge in [0, 0.05) is 6.42 Å². The van der Waals surface area contributed by atoms with Crippen molar-refractivity contribution in [3.8, 4) is 0 Å². The lowest BCUT2D eigenvalue weighted by Gasteiger charge is -2.46. The molecule has 1 heterocycles. The first-order valence-corrected chi connectivity index (χ1v) is 4.42. The minimum atomic E-state index is -0.297. The number of rotatable bonds is 0. The van der Waals surface area contributed by atoms with Crippen molar-refractivity contribution in [3.05, 3.63) is 0 Å². The van der Waals surface area contributed by atoms with Crippen LogP contribution in [0.25, 0.3) is 0 Å². The second-order valence-electron chi connectivity index (χ2n) is 4.19. The Morgan fingerprint density at radius 1 is 1.42 bits per heavy atom. The van der Waals surface area contributed by atoms with Crippen molar-refractivity contribution in [2.75, 3.05) is 6.54 Å². The van der Waals surface area contributed by atoms with Crippen molar-refractivity contribution >= 4 is 11.7 Å². The predicted molar refractivity (Wildman–Crippen MR) is 43.5 cm³/mol. The van der Waals surface area contributed by atoms with E-state index in [0.29, 0.717) is 12.3 Å². The Kier molecular flexibility index (Phi) is 1.50. The summed E-state index contributed by atoms with van der Waals surface area (Å²) in [4.78, 5) is 22.5. The van der Waals surface area contributed by atoms with Gasteiger partial charge in [0.1, 0.15) is 0 Å². The van der Waals surface area contributed by atoms with Gasteiger partial charge in [-0.15, -0.1) is 0 Å². The van der Waals surface area contributed by atoms with E-state index in [-0.39, 0.29) is 23.7 Å². The molecule has 1 saturated carbocycles. The molecule has 2 fully saturated rings. The summed E-state index contributed by atoms with van der Waals surface area (Å²) in [6.45, 7) is 2.37. The van der Waals surface area contributed by atoms with Gasteiger partial charge in [0.15, 0.2) is 5.78 Å². The zero-order valence-corrected chi connectivity index (χ0v) is 7.22. The van der Waals surface area contributed by atoms with Gasteiger partial charge < -0.3 is 5.32 Å². The van der Waals surface area contributed by atoms with Crippen LogP contribution >= 0.6 is 0 Å². The highest BCUT2D eigenvalue weighted by Gasteiger charge is 2.51. The van der Waals surface area contributed by atoms with Crippen molar-refractivity contribution in [1.82, 2.24) is 5.32 Å². The summed E-state index contributed by atoms with van der Waals surface area (Å²) in [6.07, 6.45) is 2.26. The highest BCUT2D eigenvalue weighted by atomic mass is 16.2. The molecule has 1 saturated heterocycles. The van der Waals surface area contributed by atoms with Crippen molar-refractivity contribution < 1.29 is 9.59 Å². The van der Waals surface area contributed by atoms with Crippen LogP contribution in [0.15, 0.2) is 0 Å². The van der Waals surface area contributed by atoms with Gasteiger partial charge in [-0.3, -0.25) is 9.59 Å². The lowest BCUT2D eigenvalue weighted by atomic mass is 9.59. The molecule has 1 N–H and O–H groups in total. The Bertz CT molecular complexity index is 241. The lowest BCUT2D eigenvalue weighted by Crippen LogP contribution is -2.55. The van der Waals surface area contributed by atoms with Crippen LogP contribution < -0.4 is 5.32 Å². The van der Waals surface area contributed by atoms with Gasteiger partial charge in [0.05, 0.1) is 12.0 Å². The number of carbonyl (C=O) groups is 2. The number of nitrogens with one attached hydrogen (secondary N) is 1. The maximum atomic E-state index is 11.4. The van der Waals surface area contributed by atoms with Crippen molar-refractivity contribution in [1.29, 1.82) is 0 Å². The number of hydrogen-bond acceptors (Lipinski definition) is 2. The molecule has 2 aliphatic rings. The van der Waals surface area contributed by atoms with Crippen LogP contribution in [0.5, 0.6) is 0 Å². The second-order valence-corrected chi connectivity index (χ2v) is 4.19. The van der Waals surface area contributed by atoms with E-state index in [2.05, 4.69) is 12.2 Å². The van der Waals surface area contributed by atoms with Crippen molar-refractivity contribution in [2.45, 2.75) is 26.2 Å². The van der Waals surface area contributed by atoms with Gasteiger partial charge in [0.25, 0.3) is 0 Å². The van der Waals surface area contributed by atoms with Gasteiger partial charge in [0.2, 0.25) is 5.91 Å². The normalized spacial score (nSPS) is 40.9. The van der Waals surface area contributed by atoms with Crippen LogP contribution in [0.1, 0.15) is 26.2 Å². The molecule has 66 valence electrons. The average molecular weight is 167 g/mol. The first kappa shape index (κ1) is 7.77. The maximum Gasteiger partial charge on any atom is 0.227 e. The highest BCUT2D eigenvalue weighted by molar-refractivity contribution is 5.97. The summed E-state index contributed by atoms with van der Waals surface area (Å²) in [7, 11) is 0. The molecule has 12 heavy (non-hydrogen) atoms. The fraction of sp³-hybridized carbons (Fsp3) is 0.778. The quantitative estimate of drug-likeness (QED) is 0.570. The van der Waals surface area contributed by atoms with E-state index in [1.54, 1.807) is 0 Å². The van der Waals surface area contributed by atoms with Crippen molar-refractivity contribution in [2.24, 2.45) is 11.3 Å². The molecule has 1 spiro atoms. The molecule has 3 nitrogen and oxygen atoms in total. The third-order valence-corrected chi connectivity index (χ3v) is 2.94. The third kappa shape index (κ3) is 0.958. The van der Waals surface area contributed by atoms with E-state index in [0.717, 1.165) is 12.8 Å². The SMILES string of the molecule is CC1CC2(CC(=O)CNC2=O)C1. The van der Waals surface area contributed by atoms with Crippen LogP contribution in [0.2, 0.25) is 0 Å². The minimum Gasteiger partial charge on any atom is -0.349 e. The molecule has 0 unspecified atom stereocenters. The smallest absolute Gasteiger partial charge is 0.227 e. The topological polar surface area (TPSA) is 46.2 Å². The first-order valence-electron chi connectivity index (χ1n) is 4.42. The molecule has 0 aromatic rings. The number of Topliss-reactive ketones (excluding diaryl/α,β-unsaturated/α-hetero) is 1. The van der Waals surface area contributed by atoms with E-state index in [4.69, 9.17) is 0 Å². The Labute approximate surface area is 71.5 Å². The molecule has 0 aromatic heterocycles. The van der Waals surface area contributed by atoms with Crippen molar-refractivity contribution in [3.63, 3.8) is 0 Å². The molecule has 3 heteroatoms. The molecule has 0 bridgehead atoms. The molecule has 0 radical (unpaired) electrons. The molecular weight excluding hydrogens is 154 g/mol. The van der Waals surface area contributed by atoms with Crippen LogP contribution in [0.3, 0.4) is 0 Å². The second kappa shape index (κ2) is 2.31. The number of amides is 1. The van der Waals surface area contributed by atoms with E-state index < -0.39 is 0 Å². The predicted octanol–water partition coefficient (Wildman–Crippen LogP) is 0.492. The molecule has 0 aromatic carbocycles. The monoisotopic (exact) mass is 167 g/mol. The summed E-state index contributed by atoms with van der Waals surface area (Å²) in [6, 6.07) is 0. The van der Waals surface area contributed by atoms with Gasteiger partial charge in [-0.05, 0) is 18.8 Å². The van der Waals surface area contributed by atoms with Gasteiger partial charge >= 0.3 is 0 Å². The Balaban J connectivity index is 2.12. The Hall–Kier alpha value is -0.860. The fourth-order valence-corrected chi connectivity index (χ4v) is 2.49. The zero-order valence-electron chi connectivity index (χ0n) is 7.22. The van der Waals surface area contributed by atoms with E-state index >= 15 is 0 Å². The number of ketones is 1. The average Bonchev–Trinajstić information content (AvgIpc) is 1.94. The van der Waals surface area contributed by atoms with E-state index in [9.17, 15) is 9.59 Å². The molecule has 1 amide bonds. The summed E-state index contributed by atoms with van der Waals surface area (Å²) in [5.74, 6) is 0.892. The number of piperidine rings is 1. The van der Waals surface area contributed by atoms with Crippen LogP contribution in [-0.4, -0.2) is 18.2 Å². The van der Waals surface area contributed by atoms with E-state index in [1.807, 2.05) is 0 Å². The Morgan fingerprint density at radius 2 is 2.08 bits per heavy atom. The summed E-state index contributed by atoms with van der Waals surface area (Å²) in [5, 5.41) is 2.66. The third-order valence-electron chi connectivity index (χ3n) is 2.94. The van der Waals surface area contributed by atoms with E-state index in [1.165, 1.54) is 0 Å². The molecule has 1 aliphatic carbocycles. The van der Waals surface area contributed by atoms with Gasteiger partial charge in [-0.25, -0.2) is 0 Å². The first-order chi connectivity index (χ1) is 5.62. The minimum absolute atomic E-state index is 0.0974. The van der Waals surface area contributed by atoms with Crippen LogP contribution in [-0.2, 0) is 9.59 Å². The number of hydrogen-bond donors (Lipinski definition) is 1. The lowest BCUT2D eigenvalue weighted by molar-refractivity contribution is -0.148. The number of carbonyl (C=O) groups excluding carboxylic acids is 2. The van der Waals surface area contributed by atoms with Gasteiger partial charge in [-0.1, -0.05) is 6.92 Å². The summed E-state index contributed by atoms with van der Waals surface area (Å²) < 4.78 is 0. The highest BCUT2D eigenvalue weighted by Crippen LogP contribution is 2.49. The molecule has 1 aliphatic heterocycles. The van der Waals surface area contributed by atoms with Crippen LogP contribution in [0.4, 0.5) is 0 Å². The molecular formula is C9H13NO2. The standard InChI is InChI=1S/C9H13NO2/c1-6-2-9(3-6)4-7(11)5-10-8(9)12/h6H,2-5H2,1H3,(H,10,12). The summed E-state index contributed by atoms with van der Waals surface area (Å²) >= 11 is 0. The summed E-state index contributed by atoms with van der Waals surface area (Å²) in [5.41, 5.74) is -0.297. The zero-order chi connectivity index (χ0) is 8.77. The Morgan fingerprint density at radius 3 is 2.67 bits per heavy atom. The largest absolute Gasteiger partial charge is 0.349 e. The van der Waals surface area contributed by atoms with Crippen LogP contribution in [0, 0.1) is 11.3 Å². The fourth-order valence-electron chi connectivity index (χ4n) is 2.49. The van der Waals surface area contributed by atoms with Gasteiger partial charge in [-0.2, -0.15) is 0 Å². The maximum absolute atomic E-state index is 11.4. The molecule has 2 rings (SSSR count).